The van der Waals surface area contributed by atoms with E-state index in [0.717, 1.165) is 0 Å². The zero-order chi connectivity index (χ0) is 15.5. The normalized spacial score (nSPS) is 16.6. The van der Waals surface area contributed by atoms with Crippen LogP contribution in [0.4, 0.5) is 0 Å². The fourth-order valence-electron chi connectivity index (χ4n) is 2.06. The Kier molecular flexibility index (Phi) is 4.81. The summed E-state index contributed by atoms with van der Waals surface area (Å²) in [6.07, 6.45) is 0. The predicted molar refractivity (Wildman–Crippen MR) is 75.7 cm³/mol. The second-order valence-corrected chi connectivity index (χ2v) is 6.38. The second-order valence-electron chi connectivity index (χ2n) is 4.48. The Labute approximate surface area is 123 Å². The van der Waals surface area contributed by atoms with E-state index in [2.05, 4.69) is 0 Å². The van der Waals surface area contributed by atoms with Crippen molar-refractivity contribution in [2.24, 2.45) is 5.73 Å². The number of rotatable bonds is 5. The maximum atomic E-state index is 12.7. The molecule has 2 N–H and O–H groups in total. The number of nitrogens with zero attached hydrogens (tertiary/aromatic N) is 1. The van der Waals surface area contributed by atoms with Crippen LogP contribution in [0.3, 0.4) is 0 Å². The zero-order valence-electron chi connectivity index (χ0n) is 11.7. The molecule has 0 radical (unpaired) electrons. The molecule has 1 aliphatic rings. The van der Waals surface area contributed by atoms with Crippen molar-refractivity contribution in [1.82, 2.24) is 4.31 Å². The molecule has 1 aromatic carbocycles. The lowest BCUT2D eigenvalue weighted by Gasteiger charge is -2.26. The average molecular weight is 314 g/mol. The van der Waals surface area contributed by atoms with Crippen LogP contribution in [0.15, 0.2) is 23.1 Å². The number of hydrogen-bond donors (Lipinski definition) is 1. The van der Waals surface area contributed by atoms with Gasteiger partial charge in [-0.15, -0.1) is 0 Å². The van der Waals surface area contributed by atoms with Crippen molar-refractivity contribution in [1.29, 1.82) is 0 Å². The first-order valence-corrected chi connectivity index (χ1v) is 8.05. The van der Waals surface area contributed by atoms with Gasteiger partial charge in [-0.05, 0) is 25.1 Å². The van der Waals surface area contributed by atoms with Crippen LogP contribution < -0.4 is 10.5 Å². The van der Waals surface area contributed by atoms with Crippen LogP contribution in [-0.2, 0) is 14.8 Å². The molecule has 2 rings (SSSR count). The summed E-state index contributed by atoms with van der Waals surface area (Å²) in [7, 11) is -3.75. The van der Waals surface area contributed by atoms with E-state index >= 15 is 0 Å². The van der Waals surface area contributed by atoms with Crippen molar-refractivity contribution < 1.29 is 22.7 Å². The van der Waals surface area contributed by atoms with Crippen LogP contribution in [0.1, 0.15) is 17.3 Å². The highest BCUT2D eigenvalue weighted by Crippen LogP contribution is 2.28. The van der Waals surface area contributed by atoms with Crippen molar-refractivity contribution in [3.63, 3.8) is 0 Å². The Morgan fingerprint density at radius 1 is 1.38 bits per heavy atom. The summed E-state index contributed by atoms with van der Waals surface area (Å²) in [5, 5.41) is 0. The van der Waals surface area contributed by atoms with Crippen molar-refractivity contribution in [2.75, 3.05) is 32.9 Å². The monoisotopic (exact) mass is 314 g/mol. The Bertz CT molecular complexity index is 623. The third-order valence-corrected chi connectivity index (χ3v) is 5.04. The second kappa shape index (κ2) is 6.42. The van der Waals surface area contributed by atoms with Crippen LogP contribution in [0.5, 0.6) is 5.75 Å². The fraction of sp³-hybridized carbons (Fsp3) is 0.462. The molecule has 0 bridgehead atoms. The predicted octanol–water partition coefficient (Wildman–Crippen LogP) is 0.205. The fourth-order valence-corrected chi connectivity index (χ4v) is 3.63. The average Bonchev–Trinajstić information content (AvgIpc) is 2.48. The number of carbonyl (C=O) groups is 1. The van der Waals surface area contributed by atoms with E-state index in [0.29, 0.717) is 19.8 Å². The molecule has 1 aliphatic heterocycles. The molecule has 21 heavy (non-hydrogen) atoms. The lowest BCUT2D eigenvalue weighted by atomic mass is 10.2. The molecular formula is C13H18N2O5S. The SMILES string of the molecule is CCOc1ccc(C(N)=O)cc1S(=O)(=O)N1CCOCC1. The minimum absolute atomic E-state index is 0.0393. The van der Waals surface area contributed by atoms with Crippen molar-refractivity contribution in [3.8, 4) is 5.75 Å². The molecule has 8 heteroatoms. The molecule has 0 aromatic heterocycles. The molecule has 7 nitrogen and oxygen atoms in total. The Balaban J connectivity index is 2.47. The van der Waals surface area contributed by atoms with Gasteiger partial charge < -0.3 is 15.2 Å². The van der Waals surface area contributed by atoms with Crippen LogP contribution in [0, 0.1) is 0 Å². The third-order valence-electron chi connectivity index (χ3n) is 3.12. The number of carbonyl (C=O) groups excluding carboxylic acids is 1. The highest BCUT2D eigenvalue weighted by molar-refractivity contribution is 7.89. The summed E-state index contributed by atoms with van der Waals surface area (Å²) in [4.78, 5) is 11.2. The summed E-state index contributed by atoms with van der Waals surface area (Å²) >= 11 is 0. The van der Waals surface area contributed by atoms with E-state index in [1.807, 2.05) is 0 Å². The lowest BCUT2D eigenvalue weighted by Crippen LogP contribution is -2.40. The number of sulfonamides is 1. The third kappa shape index (κ3) is 3.34. The summed E-state index contributed by atoms with van der Waals surface area (Å²) in [5.41, 5.74) is 5.35. The largest absolute Gasteiger partial charge is 0.492 e. The van der Waals surface area contributed by atoms with Gasteiger partial charge in [-0.25, -0.2) is 8.42 Å². The van der Waals surface area contributed by atoms with Crippen molar-refractivity contribution in [2.45, 2.75) is 11.8 Å². The maximum absolute atomic E-state index is 12.7. The van der Waals surface area contributed by atoms with Crippen LogP contribution in [0.25, 0.3) is 0 Å². The van der Waals surface area contributed by atoms with Gasteiger partial charge in [0.05, 0.1) is 19.8 Å². The summed E-state index contributed by atoms with van der Waals surface area (Å²) in [6, 6.07) is 4.17. The van der Waals surface area contributed by atoms with Gasteiger partial charge >= 0.3 is 0 Å². The molecule has 0 unspecified atom stereocenters. The molecule has 0 aliphatic carbocycles. The zero-order valence-corrected chi connectivity index (χ0v) is 12.6. The number of amides is 1. The quantitative estimate of drug-likeness (QED) is 0.837. The number of morpholine rings is 1. The van der Waals surface area contributed by atoms with E-state index in [4.69, 9.17) is 15.2 Å². The molecule has 116 valence electrons. The molecule has 0 atom stereocenters. The van der Waals surface area contributed by atoms with E-state index in [1.54, 1.807) is 6.92 Å². The summed E-state index contributed by atoms with van der Waals surface area (Å²) in [6.45, 7) is 3.31. The molecule has 1 aromatic rings. The minimum Gasteiger partial charge on any atom is -0.492 e. The minimum atomic E-state index is -3.75. The molecule has 0 spiro atoms. The maximum Gasteiger partial charge on any atom is 0.248 e. The lowest BCUT2D eigenvalue weighted by molar-refractivity contribution is 0.0729. The Morgan fingerprint density at radius 2 is 2.05 bits per heavy atom. The van der Waals surface area contributed by atoms with Gasteiger partial charge in [-0.1, -0.05) is 0 Å². The number of benzene rings is 1. The number of nitrogens with two attached hydrogens (primary N) is 1. The first kappa shape index (κ1) is 15.7. The number of primary amides is 1. The molecule has 1 amide bonds. The standard InChI is InChI=1S/C13H18N2O5S/c1-2-20-11-4-3-10(13(14)16)9-12(11)21(17,18)15-5-7-19-8-6-15/h3-4,9H,2,5-8H2,1H3,(H2,14,16). The van der Waals surface area contributed by atoms with Gasteiger partial charge in [0, 0.05) is 18.7 Å². The number of ether oxygens (including phenoxy) is 2. The molecule has 1 saturated heterocycles. The Hall–Kier alpha value is -1.64. The Morgan fingerprint density at radius 3 is 2.62 bits per heavy atom. The highest BCUT2D eigenvalue weighted by Gasteiger charge is 2.30. The highest BCUT2D eigenvalue weighted by atomic mass is 32.2. The molecule has 1 heterocycles. The first-order valence-electron chi connectivity index (χ1n) is 6.61. The topological polar surface area (TPSA) is 98.9 Å². The van der Waals surface area contributed by atoms with Crippen molar-refractivity contribution in [3.05, 3.63) is 23.8 Å². The van der Waals surface area contributed by atoms with Gasteiger partial charge in [-0.2, -0.15) is 4.31 Å². The van der Waals surface area contributed by atoms with Gasteiger partial charge in [-0.3, -0.25) is 4.79 Å². The smallest absolute Gasteiger partial charge is 0.248 e. The van der Waals surface area contributed by atoms with Gasteiger partial charge in [0.25, 0.3) is 0 Å². The van der Waals surface area contributed by atoms with E-state index in [-0.39, 0.29) is 29.3 Å². The summed E-state index contributed by atoms with van der Waals surface area (Å²) < 4.78 is 37.2. The molecule has 1 fully saturated rings. The molecular weight excluding hydrogens is 296 g/mol. The first-order chi connectivity index (χ1) is 9.96. The van der Waals surface area contributed by atoms with Crippen LogP contribution >= 0.6 is 0 Å². The van der Waals surface area contributed by atoms with Gasteiger partial charge in [0.1, 0.15) is 10.6 Å². The summed E-state index contributed by atoms with van der Waals surface area (Å²) in [5.74, 6) is -0.467. The van der Waals surface area contributed by atoms with Crippen molar-refractivity contribution >= 4 is 15.9 Å². The van der Waals surface area contributed by atoms with E-state index < -0.39 is 15.9 Å². The molecule has 0 saturated carbocycles. The van der Waals surface area contributed by atoms with E-state index in [9.17, 15) is 13.2 Å². The number of hydrogen-bond acceptors (Lipinski definition) is 5. The van der Waals surface area contributed by atoms with Crippen LogP contribution in [-0.4, -0.2) is 51.5 Å². The van der Waals surface area contributed by atoms with Gasteiger partial charge in [0.2, 0.25) is 15.9 Å². The van der Waals surface area contributed by atoms with Gasteiger partial charge in [0.15, 0.2) is 0 Å². The van der Waals surface area contributed by atoms with E-state index in [1.165, 1.54) is 22.5 Å². The van der Waals surface area contributed by atoms with Crippen LogP contribution in [0.2, 0.25) is 0 Å².